The van der Waals surface area contributed by atoms with Crippen LogP contribution in [0.1, 0.15) is 39.0 Å². The summed E-state index contributed by atoms with van der Waals surface area (Å²) in [5, 5.41) is 0. The highest BCUT2D eigenvalue weighted by atomic mass is 16.6. The van der Waals surface area contributed by atoms with Gasteiger partial charge in [-0.2, -0.15) is 0 Å². The largest absolute Gasteiger partial charge is 0.465 e. The molecule has 3 aliphatic rings. The maximum atomic E-state index is 12.7. The number of esters is 2. The van der Waals surface area contributed by atoms with Crippen LogP contribution < -0.4 is 0 Å². The maximum Gasteiger partial charge on any atom is 0.323 e. The third-order valence-electron chi connectivity index (χ3n) is 6.43. The van der Waals surface area contributed by atoms with Crippen molar-refractivity contribution in [1.29, 1.82) is 0 Å². The van der Waals surface area contributed by atoms with Crippen molar-refractivity contribution in [3.63, 3.8) is 0 Å². The molecule has 166 valence electrons. The van der Waals surface area contributed by atoms with Crippen LogP contribution in [0.2, 0.25) is 0 Å². The summed E-state index contributed by atoms with van der Waals surface area (Å²) in [6.45, 7) is 8.85. The van der Waals surface area contributed by atoms with Crippen molar-refractivity contribution in [1.82, 2.24) is 19.6 Å². The van der Waals surface area contributed by atoms with Gasteiger partial charge in [0.05, 0.1) is 13.3 Å². The number of carbonyl (C=O) groups excluding carboxylic acids is 2. The van der Waals surface area contributed by atoms with Crippen molar-refractivity contribution < 1.29 is 19.1 Å². The fourth-order valence-electron chi connectivity index (χ4n) is 4.46. The Bertz CT molecular complexity index is 553. The van der Waals surface area contributed by atoms with E-state index in [1.54, 1.807) is 0 Å². The van der Waals surface area contributed by atoms with E-state index in [0.717, 1.165) is 65.1 Å². The molecule has 0 amide bonds. The Morgan fingerprint density at radius 3 is 2.41 bits per heavy atom. The van der Waals surface area contributed by atoms with Gasteiger partial charge in [0.2, 0.25) is 0 Å². The Balaban J connectivity index is 1.58. The molecule has 0 aromatic heterocycles. The maximum absolute atomic E-state index is 12.7. The summed E-state index contributed by atoms with van der Waals surface area (Å²) in [6, 6.07) is -0.470. The zero-order chi connectivity index (χ0) is 20.8. The summed E-state index contributed by atoms with van der Waals surface area (Å²) in [5.74, 6) is -0.321. The molecule has 0 spiro atoms. The lowest BCUT2D eigenvalue weighted by Crippen LogP contribution is -2.51. The van der Waals surface area contributed by atoms with Crippen LogP contribution in [-0.4, -0.2) is 116 Å². The Labute approximate surface area is 175 Å². The molecule has 3 heterocycles. The predicted molar refractivity (Wildman–Crippen MR) is 110 cm³/mol. The molecule has 3 fully saturated rings. The fraction of sp³-hybridized carbons (Fsp3) is 0.905. The number of carbonyl (C=O) groups is 2. The molecule has 0 saturated carbocycles. The molecule has 0 bridgehead atoms. The summed E-state index contributed by atoms with van der Waals surface area (Å²) in [7, 11) is 4.11. The molecule has 3 atom stereocenters. The quantitative estimate of drug-likeness (QED) is 0.426. The first-order chi connectivity index (χ1) is 14.0. The van der Waals surface area contributed by atoms with E-state index >= 15 is 0 Å². The van der Waals surface area contributed by atoms with Gasteiger partial charge in [0.1, 0.15) is 18.2 Å². The molecular formula is C21H38N4O4. The van der Waals surface area contributed by atoms with Gasteiger partial charge in [-0.05, 0) is 39.9 Å². The second-order valence-corrected chi connectivity index (χ2v) is 8.80. The lowest BCUT2D eigenvalue weighted by Gasteiger charge is -2.36. The molecule has 3 unspecified atom stereocenters. The second-order valence-electron chi connectivity index (χ2n) is 8.80. The minimum Gasteiger partial charge on any atom is -0.465 e. The van der Waals surface area contributed by atoms with Gasteiger partial charge in [0.15, 0.2) is 0 Å². The highest BCUT2D eigenvalue weighted by Crippen LogP contribution is 2.25. The van der Waals surface area contributed by atoms with Crippen LogP contribution in [0.3, 0.4) is 0 Å². The van der Waals surface area contributed by atoms with Crippen LogP contribution >= 0.6 is 0 Å². The monoisotopic (exact) mass is 410 g/mol. The Hall–Kier alpha value is -1.22. The number of ether oxygens (including phenoxy) is 2. The zero-order valence-electron chi connectivity index (χ0n) is 18.3. The van der Waals surface area contributed by atoms with Crippen molar-refractivity contribution >= 4 is 11.9 Å². The van der Waals surface area contributed by atoms with Crippen LogP contribution in [0.15, 0.2) is 0 Å². The van der Waals surface area contributed by atoms with Gasteiger partial charge in [0, 0.05) is 39.1 Å². The van der Waals surface area contributed by atoms with Gasteiger partial charge < -0.3 is 14.4 Å². The number of unbranched alkanes of at least 4 members (excludes halogenated alkanes) is 1. The van der Waals surface area contributed by atoms with Crippen LogP contribution in [0, 0.1) is 0 Å². The van der Waals surface area contributed by atoms with Crippen molar-refractivity contribution in [3.8, 4) is 0 Å². The smallest absolute Gasteiger partial charge is 0.323 e. The molecule has 3 aliphatic heterocycles. The van der Waals surface area contributed by atoms with E-state index in [1.165, 1.54) is 0 Å². The van der Waals surface area contributed by atoms with E-state index in [-0.39, 0.29) is 30.1 Å². The standard InChI is InChI=1S/C21H38N4O4/c1-4-5-13-28-20(26)19-14-17(29-21(27)18-7-6-8-23(18)3)15-25(19)16-24-11-9-22(2)10-12-24/h17-19H,4-16H2,1-3H3. The molecule has 3 saturated heterocycles. The average Bonchev–Trinajstić information content (AvgIpc) is 3.30. The number of likely N-dealkylation sites (tertiary alicyclic amines) is 2. The normalized spacial score (nSPS) is 30.0. The Kier molecular flexibility index (Phi) is 8.29. The summed E-state index contributed by atoms with van der Waals surface area (Å²) in [5.41, 5.74) is 0. The molecule has 29 heavy (non-hydrogen) atoms. The van der Waals surface area contributed by atoms with E-state index in [1.807, 2.05) is 7.05 Å². The highest BCUT2D eigenvalue weighted by Gasteiger charge is 2.41. The summed E-state index contributed by atoms with van der Waals surface area (Å²) in [4.78, 5) is 34.3. The third-order valence-corrected chi connectivity index (χ3v) is 6.43. The highest BCUT2D eigenvalue weighted by molar-refractivity contribution is 5.78. The summed E-state index contributed by atoms with van der Waals surface area (Å²) < 4.78 is 11.4. The number of hydrogen-bond donors (Lipinski definition) is 0. The second kappa shape index (κ2) is 10.7. The SMILES string of the molecule is CCCCOC(=O)C1CC(OC(=O)C2CCCN2C)CN1CN1CCN(C)CC1. The molecule has 0 N–H and O–H groups in total. The minimum atomic E-state index is -0.328. The molecule has 8 nitrogen and oxygen atoms in total. The molecule has 0 radical (unpaired) electrons. The van der Waals surface area contributed by atoms with Crippen LogP contribution in [0.5, 0.6) is 0 Å². The van der Waals surface area contributed by atoms with Gasteiger partial charge >= 0.3 is 11.9 Å². The van der Waals surface area contributed by atoms with Crippen LogP contribution in [-0.2, 0) is 19.1 Å². The number of likely N-dealkylation sites (N-methyl/N-ethyl adjacent to an activating group) is 2. The first-order valence-corrected chi connectivity index (χ1v) is 11.2. The van der Waals surface area contributed by atoms with Crippen molar-refractivity contribution in [2.24, 2.45) is 0 Å². The van der Waals surface area contributed by atoms with E-state index in [4.69, 9.17) is 9.47 Å². The van der Waals surface area contributed by atoms with Crippen LogP contribution in [0.4, 0.5) is 0 Å². The first kappa shape index (κ1) is 22.5. The lowest BCUT2D eigenvalue weighted by atomic mass is 10.2. The summed E-state index contributed by atoms with van der Waals surface area (Å²) in [6.07, 6.45) is 4.05. The lowest BCUT2D eigenvalue weighted by molar-refractivity contribution is -0.154. The fourth-order valence-corrected chi connectivity index (χ4v) is 4.46. The van der Waals surface area contributed by atoms with Crippen LogP contribution in [0.25, 0.3) is 0 Å². The van der Waals surface area contributed by atoms with Gasteiger partial charge in [0.25, 0.3) is 0 Å². The topological polar surface area (TPSA) is 65.6 Å². The van der Waals surface area contributed by atoms with E-state index in [0.29, 0.717) is 19.6 Å². The van der Waals surface area contributed by atoms with E-state index < -0.39 is 0 Å². The predicted octanol–water partition coefficient (Wildman–Crippen LogP) is 0.615. The molecular weight excluding hydrogens is 372 g/mol. The van der Waals surface area contributed by atoms with E-state index in [2.05, 4.69) is 33.6 Å². The van der Waals surface area contributed by atoms with Gasteiger partial charge in [-0.1, -0.05) is 13.3 Å². The van der Waals surface area contributed by atoms with Gasteiger partial charge in [-0.15, -0.1) is 0 Å². The summed E-state index contributed by atoms with van der Waals surface area (Å²) >= 11 is 0. The van der Waals surface area contributed by atoms with Crippen molar-refractivity contribution in [2.45, 2.75) is 57.2 Å². The van der Waals surface area contributed by atoms with Gasteiger partial charge in [-0.3, -0.25) is 24.3 Å². The molecule has 0 aromatic rings. The Morgan fingerprint density at radius 2 is 1.76 bits per heavy atom. The number of nitrogens with zero attached hydrogens (tertiary/aromatic N) is 4. The molecule has 8 heteroatoms. The molecule has 0 aliphatic carbocycles. The number of hydrogen-bond acceptors (Lipinski definition) is 8. The van der Waals surface area contributed by atoms with Gasteiger partial charge in [-0.25, -0.2) is 0 Å². The third kappa shape index (κ3) is 6.13. The van der Waals surface area contributed by atoms with Crippen molar-refractivity contribution in [3.05, 3.63) is 0 Å². The number of piperazine rings is 1. The molecule has 3 rings (SSSR count). The zero-order valence-corrected chi connectivity index (χ0v) is 18.3. The Morgan fingerprint density at radius 1 is 1.00 bits per heavy atom. The first-order valence-electron chi connectivity index (χ1n) is 11.2. The minimum absolute atomic E-state index is 0.142. The average molecular weight is 411 g/mol. The molecule has 0 aromatic carbocycles. The number of rotatable bonds is 8. The van der Waals surface area contributed by atoms with E-state index in [9.17, 15) is 9.59 Å². The van der Waals surface area contributed by atoms with Crippen molar-refractivity contribution in [2.75, 3.05) is 66.6 Å².